The van der Waals surface area contributed by atoms with Crippen molar-refractivity contribution >= 4 is 17.5 Å². The Balaban J connectivity index is 1.24. The quantitative estimate of drug-likeness (QED) is 0.428. The summed E-state index contributed by atoms with van der Waals surface area (Å²) < 4.78 is 49.1. The number of fused-ring (bicyclic) bond motifs is 1. The van der Waals surface area contributed by atoms with E-state index in [4.69, 9.17) is 0 Å². The van der Waals surface area contributed by atoms with Crippen molar-refractivity contribution in [2.24, 2.45) is 0 Å². The number of carbonyl (C=O) groups excluding carboxylic acids is 2. The van der Waals surface area contributed by atoms with Gasteiger partial charge in [0.25, 0.3) is 0 Å². The van der Waals surface area contributed by atoms with E-state index in [9.17, 15) is 27.9 Å². The maximum Gasteiger partial charge on any atom is 0.586 e. The first-order valence-electron chi connectivity index (χ1n) is 12.6. The maximum atomic E-state index is 13.4. The van der Waals surface area contributed by atoms with E-state index in [0.717, 1.165) is 0 Å². The van der Waals surface area contributed by atoms with Crippen LogP contribution in [0.3, 0.4) is 0 Å². The molecule has 2 aliphatic heterocycles. The van der Waals surface area contributed by atoms with Crippen molar-refractivity contribution in [2.75, 3.05) is 18.5 Å². The second kappa shape index (κ2) is 10.7. The summed E-state index contributed by atoms with van der Waals surface area (Å²) in [6.45, 7) is 1.65. The van der Waals surface area contributed by atoms with E-state index in [1.165, 1.54) is 53.1 Å². The molecule has 12 heteroatoms. The van der Waals surface area contributed by atoms with Crippen molar-refractivity contribution < 1.29 is 37.3 Å². The predicted molar refractivity (Wildman–Crippen MR) is 137 cm³/mol. The number of hydrogen-bond donors (Lipinski definition) is 2. The highest BCUT2D eigenvalue weighted by Crippen LogP contribution is 2.43. The van der Waals surface area contributed by atoms with Gasteiger partial charge in [0, 0.05) is 32.1 Å². The molecule has 2 amide bonds. The molecule has 0 spiro atoms. The molecule has 3 heterocycles. The van der Waals surface area contributed by atoms with Crippen LogP contribution in [0, 0.1) is 5.82 Å². The summed E-state index contributed by atoms with van der Waals surface area (Å²) in [5, 5.41) is 13.6. The zero-order valence-corrected chi connectivity index (χ0v) is 21.7. The summed E-state index contributed by atoms with van der Waals surface area (Å²) in [7, 11) is 1.65. The number of benzene rings is 2. The number of nitrogens with zero attached hydrogens (tertiary/aromatic N) is 3. The third-order valence-corrected chi connectivity index (χ3v) is 7.04. The van der Waals surface area contributed by atoms with Crippen LogP contribution >= 0.6 is 0 Å². The first-order chi connectivity index (χ1) is 19.0. The third kappa shape index (κ3) is 5.67. The molecule has 5 rings (SSSR count). The highest BCUT2D eigenvalue weighted by Gasteiger charge is 2.44. The fraction of sp³-hybridized carbons (Fsp3) is 0.321. The van der Waals surface area contributed by atoms with Gasteiger partial charge in [-0.15, -0.1) is 8.78 Å². The summed E-state index contributed by atoms with van der Waals surface area (Å²) in [5.74, 6) is -1.51. The lowest BCUT2D eigenvalue weighted by atomic mass is 9.95. The zero-order chi connectivity index (χ0) is 28.6. The number of rotatable bonds is 7. The van der Waals surface area contributed by atoms with Gasteiger partial charge in [0.1, 0.15) is 11.9 Å². The van der Waals surface area contributed by atoms with Crippen molar-refractivity contribution in [1.29, 1.82) is 0 Å². The number of carbonyl (C=O) groups is 2. The van der Waals surface area contributed by atoms with Crippen LogP contribution in [0.5, 0.6) is 11.5 Å². The molecular formula is C28H27F3N4O5. The molecule has 2 aromatic carbocycles. The van der Waals surface area contributed by atoms with Crippen LogP contribution < -0.4 is 19.7 Å². The summed E-state index contributed by atoms with van der Waals surface area (Å²) in [6.07, 6.45) is -4.57. The van der Waals surface area contributed by atoms with Gasteiger partial charge in [-0.1, -0.05) is 12.1 Å². The standard InChI is InChI=1S/C28H27F3N4O5/c1-16(36)35-15-18(17-6-11-24-25(13-17)40-28(30,31)39-24)12-23(35)26(37)32-14-20-4-3-5-22(33-20)27(38)34(2)21-9-7-19(29)8-10-21/h3-11,13,18,23,27,38H,12,14-15H2,1-2H3,(H,32,37)/t18?,23-,27?/m1/s1. The number of anilines is 1. The molecule has 40 heavy (non-hydrogen) atoms. The van der Waals surface area contributed by atoms with Crippen molar-refractivity contribution in [1.82, 2.24) is 15.2 Å². The number of halogens is 3. The number of aromatic nitrogens is 1. The van der Waals surface area contributed by atoms with E-state index in [1.807, 2.05) is 0 Å². The zero-order valence-electron chi connectivity index (χ0n) is 21.7. The Bertz CT molecular complexity index is 1420. The number of nitrogens with one attached hydrogen (secondary N) is 1. The number of hydrogen-bond acceptors (Lipinski definition) is 7. The SMILES string of the molecule is CC(=O)N1CC(c2ccc3c(c2)OC(F)(F)O3)C[C@@H]1C(=O)NCc1cccc(C(O)N(C)c2ccc(F)cc2)n1. The van der Waals surface area contributed by atoms with Crippen LogP contribution in [0.4, 0.5) is 18.9 Å². The monoisotopic (exact) mass is 556 g/mol. The molecule has 210 valence electrons. The number of pyridine rings is 1. The molecule has 0 bridgehead atoms. The van der Waals surface area contributed by atoms with Gasteiger partial charge in [-0.3, -0.25) is 14.6 Å². The number of aliphatic hydroxyl groups excluding tert-OH is 1. The average molecular weight is 557 g/mol. The van der Waals surface area contributed by atoms with Gasteiger partial charge in [-0.05, 0) is 60.5 Å². The molecule has 0 aliphatic carbocycles. The lowest BCUT2D eigenvalue weighted by Gasteiger charge is -2.25. The van der Waals surface area contributed by atoms with E-state index in [1.54, 1.807) is 31.3 Å². The second-order valence-electron chi connectivity index (χ2n) is 9.73. The largest absolute Gasteiger partial charge is 0.586 e. The van der Waals surface area contributed by atoms with Crippen LogP contribution in [-0.4, -0.2) is 52.7 Å². The Labute approximate surface area is 228 Å². The molecule has 2 N–H and O–H groups in total. The van der Waals surface area contributed by atoms with Gasteiger partial charge in [0.2, 0.25) is 11.8 Å². The number of aliphatic hydroxyl groups is 1. The summed E-state index contributed by atoms with van der Waals surface area (Å²) in [6, 6.07) is 14.4. The minimum atomic E-state index is -3.73. The summed E-state index contributed by atoms with van der Waals surface area (Å²) in [5.41, 5.74) is 2.05. The highest BCUT2D eigenvalue weighted by atomic mass is 19.3. The number of amides is 2. The summed E-state index contributed by atoms with van der Waals surface area (Å²) in [4.78, 5) is 32.9. The van der Waals surface area contributed by atoms with E-state index < -0.39 is 18.6 Å². The Morgan fingerprint density at radius 3 is 2.60 bits per heavy atom. The van der Waals surface area contributed by atoms with Crippen LogP contribution in [0.25, 0.3) is 0 Å². The molecule has 0 saturated carbocycles. The number of alkyl halides is 2. The first kappa shape index (κ1) is 27.3. The van der Waals surface area contributed by atoms with Crippen LogP contribution in [0.15, 0.2) is 60.7 Å². The van der Waals surface area contributed by atoms with E-state index in [0.29, 0.717) is 22.6 Å². The molecular weight excluding hydrogens is 529 g/mol. The van der Waals surface area contributed by atoms with Gasteiger partial charge in [0.15, 0.2) is 17.7 Å². The van der Waals surface area contributed by atoms with E-state index >= 15 is 0 Å². The van der Waals surface area contributed by atoms with Crippen molar-refractivity contribution in [3.8, 4) is 11.5 Å². The summed E-state index contributed by atoms with van der Waals surface area (Å²) >= 11 is 0. The Morgan fingerprint density at radius 2 is 1.88 bits per heavy atom. The number of likely N-dealkylation sites (tertiary alicyclic amines) is 1. The maximum absolute atomic E-state index is 13.4. The minimum Gasteiger partial charge on any atom is -0.395 e. The average Bonchev–Trinajstić information content (AvgIpc) is 3.51. The molecule has 3 atom stereocenters. The van der Waals surface area contributed by atoms with Gasteiger partial charge in [-0.2, -0.15) is 0 Å². The molecule has 2 unspecified atom stereocenters. The fourth-order valence-corrected chi connectivity index (χ4v) is 4.95. The molecule has 1 saturated heterocycles. The van der Waals surface area contributed by atoms with E-state index in [-0.39, 0.29) is 54.6 Å². The lowest BCUT2D eigenvalue weighted by Crippen LogP contribution is -2.45. The van der Waals surface area contributed by atoms with Crippen LogP contribution in [-0.2, 0) is 16.1 Å². The lowest BCUT2D eigenvalue weighted by molar-refractivity contribution is -0.286. The van der Waals surface area contributed by atoms with E-state index in [2.05, 4.69) is 19.8 Å². The van der Waals surface area contributed by atoms with Crippen LogP contribution in [0.2, 0.25) is 0 Å². The van der Waals surface area contributed by atoms with Crippen molar-refractivity contribution in [2.45, 2.75) is 44.4 Å². The van der Waals surface area contributed by atoms with Crippen molar-refractivity contribution in [3.63, 3.8) is 0 Å². The smallest absolute Gasteiger partial charge is 0.395 e. The predicted octanol–water partition coefficient (Wildman–Crippen LogP) is 3.69. The van der Waals surface area contributed by atoms with Gasteiger partial charge in [0.05, 0.1) is 17.9 Å². The van der Waals surface area contributed by atoms with Gasteiger partial charge in [-0.25, -0.2) is 4.39 Å². The second-order valence-corrected chi connectivity index (χ2v) is 9.73. The fourth-order valence-electron chi connectivity index (χ4n) is 4.95. The Hall–Kier alpha value is -4.32. The van der Waals surface area contributed by atoms with Crippen LogP contribution in [0.1, 0.15) is 42.4 Å². The number of ether oxygens (including phenoxy) is 2. The topological polar surface area (TPSA) is 104 Å². The molecule has 3 aromatic rings. The minimum absolute atomic E-state index is 0.0473. The van der Waals surface area contributed by atoms with Crippen molar-refractivity contribution in [3.05, 3.63) is 83.4 Å². The Kier molecular flexibility index (Phi) is 7.28. The molecule has 1 fully saturated rings. The third-order valence-electron chi connectivity index (χ3n) is 7.04. The molecule has 9 nitrogen and oxygen atoms in total. The molecule has 0 radical (unpaired) electrons. The normalized spacial score (nSPS) is 19.8. The first-order valence-corrected chi connectivity index (χ1v) is 12.6. The van der Waals surface area contributed by atoms with Gasteiger partial charge < -0.3 is 29.7 Å². The molecule has 2 aliphatic rings. The highest BCUT2D eigenvalue weighted by molar-refractivity contribution is 5.87. The Morgan fingerprint density at radius 1 is 1.15 bits per heavy atom. The molecule has 1 aromatic heterocycles. The van der Waals surface area contributed by atoms with Gasteiger partial charge >= 0.3 is 6.29 Å².